The number of hydrogen-bond donors (Lipinski definition) is 5. The summed E-state index contributed by atoms with van der Waals surface area (Å²) in [6.45, 7) is 0.672. The van der Waals surface area contributed by atoms with Gasteiger partial charge in [0.25, 0.3) is 5.91 Å². The average molecular weight is 309 g/mol. The molecule has 9 nitrogen and oxygen atoms in total. The molecular weight excluding hydrogens is 294 g/mol. The lowest BCUT2D eigenvalue weighted by atomic mass is 9.97. The summed E-state index contributed by atoms with van der Waals surface area (Å²) in [4.78, 5) is 45.6. The molecule has 0 bridgehead atoms. The Morgan fingerprint density at radius 3 is 1.91 bits per heavy atom. The fourth-order valence-electron chi connectivity index (χ4n) is 1.74. The molecule has 0 unspecified atom stereocenters. The van der Waals surface area contributed by atoms with Gasteiger partial charge in [0.05, 0.1) is 22.3 Å². The van der Waals surface area contributed by atoms with Crippen molar-refractivity contribution in [3.8, 4) is 0 Å². The van der Waals surface area contributed by atoms with Crippen LogP contribution in [-0.2, 0) is 0 Å². The van der Waals surface area contributed by atoms with E-state index in [2.05, 4.69) is 10.6 Å². The fraction of sp³-hybridized carbons (Fsp3) is 0.231. The summed E-state index contributed by atoms with van der Waals surface area (Å²) in [7, 11) is 1.67. The largest absolute Gasteiger partial charge is 0.478 e. The number of carboxylic acid groups (broad SMARTS) is 2. The number of nitrogens with one attached hydrogen (secondary N) is 2. The van der Waals surface area contributed by atoms with Crippen LogP contribution in [-0.4, -0.2) is 54.1 Å². The van der Waals surface area contributed by atoms with Gasteiger partial charge >= 0.3 is 11.9 Å². The molecular formula is C13H15N3O6. The second-order valence-corrected chi connectivity index (χ2v) is 4.28. The molecule has 0 aliphatic rings. The molecule has 0 saturated carbocycles. The molecule has 0 atom stereocenters. The zero-order chi connectivity index (χ0) is 16.9. The summed E-state index contributed by atoms with van der Waals surface area (Å²) in [5, 5.41) is 23.4. The Bertz CT molecular complexity index is 641. The Hall–Kier alpha value is -2.94. The Morgan fingerprint density at radius 2 is 1.45 bits per heavy atom. The highest BCUT2D eigenvalue weighted by Crippen LogP contribution is 2.18. The van der Waals surface area contributed by atoms with Crippen molar-refractivity contribution >= 4 is 23.8 Å². The molecule has 0 radical (unpaired) electrons. The molecule has 1 aromatic rings. The van der Waals surface area contributed by atoms with Gasteiger partial charge in [-0.05, 0) is 19.2 Å². The molecule has 6 N–H and O–H groups in total. The Balaban J connectivity index is 3.39. The molecule has 2 amide bonds. The predicted octanol–water partition coefficient (Wildman–Crippen LogP) is -0.869. The first-order chi connectivity index (χ1) is 10.3. The molecule has 0 aliphatic heterocycles. The summed E-state index contributed by atoms with van der Waals surface area (Å²) in [6.07, 6.45) is 0. The van der Waals surface area contributed by atoms with E-state index in [1.54, 1.807) is 7.05 Å². The van der Waals surface area contributed by atoms with Gasteiger partial charge in [-0.25, -0.2) is 9.59 Å². The zero-order valence-corrected chi connectivity index (χ0v) is 11.7. The maximum absolute atomic E-state index is 12.0. The number of benzene rings is 1. The number of carbonyl (C=O) groups is 4. The van der Waals surface area contributed by atoms with Crippen molar-refractivity contribution < 1.29 is 29.4 Å². The minimum Gasteiger partial charge on any atom is -0.478 e. The zero-order valence-electron chi connectivity index (χ0n) is 11.7. The maximum atomic E-state index is 12.0. The first-order valence-corrected chi connectivity index (χ1v) is 6.16. The normalized spacial score (nSPS) is 10.0. The molecule has 1 aromatic carbocycles. The van der Waals surface area contributed by atoms with Crippen LogP contribution in [0.5, 0.6) is 0 Å². The molecule has 0 saturated heterocycles. The lowest BCUT2D eigenvalue weighted by Gasteiger charge is -2.11. The van der Waals surface area contributed by atoms with E-state index in [-0.39, 0.29) is 12.1 Å². The van der Waals surface area contributed by atoms with E-state index in [0.717, 1.165) is 12.1 Å². The summed E-state index contributed by atoms with van der Waals surface area (Å²) in [5.41, 5.74) is 3.22. The summed E-state index contributed by atoms with van der Waals surface area (Å²) < 4.78 is 0. The van der Waals surface area contributed by atoms with Crippen LogP contribution in [0.1, 0.15) is 41.4 Å². The van der Waals surface area contributed by atoms with Crippen LogP contribution < -0.4 is 16.4 Å². The third kappa shape index (κ3) is 3.79. The van der Waals surface area contributed by atoms with Gasteiger partial charge < -0.3 is 26.6 Å². The van der Waals surface area contributed by atoms with Gasteiger partial charge in [0, 0.05) is 13.1 Å². The molecule has 0 aliphatic carbocycles. The van der Waals surface area contributed by atoms with E-state index in [1.807, 2.05) is 0 Å². The lowest BCUT2D eigenvalue weighted by Crippen LogP contribution is -2.32. The van der Waals surface area contributed by atoms with Gasteiger partial charge in [-0.1, -0.05) is 0 Å². The molecule has 1 rings (SSSR count). The van der Waals surface area contributed by atoms with Gasteiger partial charge in [0.15, 0.2) is 0 Å². The number of likely N-dealkylation sites (N-methyl/N-ethyl adjacent to an activating group) is 1. The third-order valence-corrected chi connectivity index (χ3v) is 2.79. The van der Waals surface area contributed by atoms with Crippen LogP contribution in [0.15, 0.2) is 12.1 Å². The fourth-order valence-corrected chi connectivity index (χ4v) is 1.74. The van der Waals surface area contributed by atoms with Gasteiger partial charge in [0.2, 0.25) is 5.91 Å². The Labute approximate surface area is 125 Å². The number of nitrogens with two attached hydrogens (primary N) is 1. The summed E-state index contributed by atoms with van der Waals surface area (Å²) in [5.74, 6) is -4.82. The Kier molecular flexibility index (Phi) is 5.58. The number of amides is 2. The number of rotatable bonds is 7. The first kappa shape index (κ1) is 17.1. The van der Waals surface area contributed by atoms with E-state index in [9.17, 15) is 19.2 Å². The van der Waals surface area contributed by atoms with E-state index in [4.69, 9.17) is 15.9 Å². The highest BCUT2D eigenvalue weighted by atomic mass is 16.4. The van der Waals surface area contributed by atoms with Crippen molar-refractivity contribution in [2.75, 3.05) is 20.1 Å². The smallest absolute Gasteiger partial charge is 0.336 e. The number of aromatic carboxylic acids is 2. The van der Waals surface area contributed by atoms with Gasteiger partial charge in [-0.3, -0.25) is 9.59 Å². The van der Waals surface area contributed by atoms with Gasteiger partial charge in [-0.15, -0.1) is 0 Å². The molecule has 0 heterocycles. The van der Waals surface area contributed by atoms with Gasteiger partial charge in [-0.2, -0.15) is 0 Å². The van der Waals surface area contributed by atoms with Crippen LogP contribution in [0.3, 0.4) is 0 Å². The highest BCUT2D eigenvalue weighted by Gasteiger charge is 2.24. The summed E-state index contributed by atoms with van der Waals surface area (Å²) >= 11 is 0. The van der Waals surface area contributed by atoms with Crippen LogP contribution >= 0.6 is 0 Å². The third-order valence-electron chi connectivity index (χ3n) is 2.79. The topological polar surface area (TPSA) is 159 Å². The van der Waals surface area contributed by atoms with E-state index in [1.165, 1.54) is 0 Å². The summed E-state index contributed by atoms with van der Waals surface area (Å²) in [6, 6.07) is 1.63. The average Bonchev–Trinajstić information content (AvgIpc) is 2.45. The van der Waals surface area contributed by atoms with E-state index >= 15 is 0 Å². The van der Waals surface area contributed by atoms with Crippen molar-refractivity contribution in [2.24, 2.45) is 5.73 Å². The van der Waals surface area contributed by atoms with E-state index in [0.29, 0.717) is 6.54 Å². The minimum atomic E-state index is -1.52. The van der Waals surface area contributed by atoms with Crippen LogP contribution in [0.2, 0.25) is 0 Å². The number of carboxylic acids is 2. The van der Waals surface area contributed by atoms with Crippen molar-refractivity contribution in [3.05, 3.63) is 34.4 Å². The maximum Gasteiger partial charge on any atom is 0.336 e. The van der Waals surface area contributed by atoms with Crippen molar-refractivity contribution in [1.29, 1.82) is 0 Å². The van der Waals surface area contributed by atoms with Crippen molar-refractivity contribution in [1.82, 2.24) is 10.6 Å². The SMILES string of the molecule is CNCCNC(=O)c1cc(C(N)=O)c(C(=O)O)cc1C(=O)O. The lowest BCUT2D eigenvalue weighted by molar-refractivity contribution is 0.0688. The quantitative estimate of drug-likeness (QED) is 0.409. The highest BCUT2D eigenvalue weighted by molar-refractivity contribution is 6.11. The number of carbonyl (C=O) groups excluding carboxylic acids is 2. The van der Waals surface area contributed by atoms with E-state index < -0.39 is 40.4 Å². The van der Waals surface area contributed by atoms with Crippen LogP contribution in [0, 0.1) is 0 Å². The van der Waals surface area contributed by atoms with Crippen LogP contribution in [0.4, 0.5) is 0 Å². The molecule has 0 aromatic heterocycles. The standard InChI is InChI=1S/C13H15N3O6/c1-15-2-3-16-11(18)7-4-6(10(14)17)8(12(19)20)5-9(7)13(21)22/h4-5,15H,2-3H2,1H3,(H2,14,17)(H,16,18)(H,19,20)(H,21,22). The predicted molar refractivity (Wildman–Crippen MR) is 75.1 cm³/mol. The van der Waals surface area contributed by atoms with Gasteiger partial charge in [0.1, 0.15) is 0 Å². The van der Waals surface area contributed by atoms with Crippen LogP contribution in [0.25, 0.3) is 0 Å². The first-order valence-electron chi connectivity index (χ1n) is 6.16. The second kappa shape index (κ2) is 7.18. The molecule has 22 heavy (non-hydrogen) atoms. The van der Waals surface area contributed by atoms with Crippen molar-refractivity contribution in [2.45, 2.75) is 0 Å². The molecule has 118 valence electrons. The number of hydrogen-bond acceptors (Lipinski definition) is 5. The monoisotopic (exact) mass is 309 g/mol. The molecule has 0 spiro atoms. The molecule has 9 heteroatoms. The Morgan fingerprint density at radius 1 is 0.955 bits per heavy atom. The molecule has 0 fully saturated rings. The minimum absolute atomic E-state index is 0.223. The van der Waals surface area contributed by atoms with Crippen molar-refractivity contribution in [3.63, 3.8) is 0 Å². The second-order valence-electron chi connectivity index (χ2n) is 4.28. The number of primary amides is 1.